The summed E-state index contributed by atoms with van der Waals surface area (Å²) in [4.78, 5) is 17.4. The monoisotopic (exact) mass is 467 g/mol. The van der Waals surface area contributed by atoms with Gasteiger partial charge in [0.2, 0.25) is 0 Å². The number of likely N-dealkylation sites (N-methyl/N-ethyl adjacent to an activating group) is 1. The lowest BCUT2D eigenvalue weighted by molar-refractivity contribution is 0.112. The molecule has 0 bridgehead atoms. The molecule has 1 aromatic carbocycles. The number of aromatic nitrogens is 5. The Hall–Kier alpha value is -3.26. The molecule has 0 radical (unpaired) electrons. The fraction of sp³-hybridized carbons (Fsp3) is 0.462. The number of imidazole rings is 1. The summed E-state index contributed by atoms with van der Waals surface area (Å²) in [5.41, 5.74) is 9.89. The van der Waals surface area contributed by atoms with Crippen LogP contribution in [-0.4, -0.2) is 44.8 Å². The van der Waals surface area contributed by atoms with E-state index in [0.29, 0.717) is 5.95 Å². The molecule has 8 nitrogen and oxygen atoms in total. The highest BCUT2D eigenvalue weighted by Crippen LogP contribution is 2.21. The molecule has 0 aliphatic carbocycles. The van der Waals surface area contributed by atoms with Gasteiger partial charge >= 0.3 is 0 Å². The van der Waals surface area contributed by atoms with Gasteiger partial charge in [0.15, 0.2) is 5.95 Å². The van der Waals surface area contributed by atoms with Crippen LogP contribution in [0.25, 0.3) is 0 Å². The molecule has 186 valence electrons. The molecular formula is C26H41N7O. The number of aromatic amines is 1. The molecule has 3 rings (SSSR count). The van der Waals surface area contributed by atoms with Crippen molar-refractivity contribution in [3.8, 4) is 0 Å². The summed E-state index contributed by atoms with van der Waals surface area (Å²) in [6.45, 7) is 14.2. The maximum absolute atomic E-state index is 10.4. The average molecular weight is 468 g/mol. The normalized spacial score (nSPS) is 10.6. The Kier molecular flexibility index (Phi) is 13.2. The van der Waals surface area contributed by atoms with Gasteiger partial charge in [-0.3, -0.25) is 9.48 Å². The third-order valence-corrected chi connectivity index (χ3v) is 5.12. The van der Waals surface area contributed by atoms with Crippen molar-refractivity contribution in [1.82, 2.24) is 30.3 Å². The predicted molar refractivity (Wildman–Crippen MR) is 140 cm³/mol. The SMILES string of the molecule is C=C.CC(C)(C)c1ccc(C=O)cc1.CNCCn1cc(CCCCCc2cnc(N)[nH]2)nn1. The van der Waals surface area contributed by atoms with Crippen molar-refractivity contribution in [3.63, 3.8) is 0 Å². The maximum Gasteiger partial charge on any atom is 0.197 e. The highest BCUT2D eigenvalue weighted by atomic mass is 16.1. The Labute approximate surface area is 204 Å². The lowest BCUT2D eigenvalue weighted by Gasteiger charge is -2.18. The smallest absolute Gasteiger partial charge is 0.197 e. The van der Waals surface area contributed by atoms with Crippen LogP contribution in [0.1, 0.15) is 67.3 Å². The molecule has 0 unspecified atom stereocenters. The molecule has 0 amide bonds. The first-order valence-corrected chi connectivity index (χ1v) is 11.7. The number of anilines is 1. The van der Waals surface area contributed by atoms with Crippen LogP contribution in [0, 0.1) is 0 Å². The molecule has 2 aromatic heterocycles. The highest BCUT2D eigenvalue weighted by molar-refractivity contribution is 5.74. The Morgan fingerprint density at radius 3 is 2.35 bits per heavy atom. The van der Waals surface area contributed by atoms with Crippen LogP contribution in [0.2, 0.25) is 0 Å². The first-order chi connectivity index (χ1) is 16.3. The number of aryl methyl sites for hydroxylation is 2. The van der Waals surface area contributed by atoms with E-state index in [2.05, 4.69) is 59.5 Å². The molecule has 4 N–H and O–H groups in total. The van der Waals surface area contributed by atoms with Gasteiger partial charge < -0.3 is 16.0 Å². The van der Waals surface area contributed by atoms with Gasteiger partial charge in [-0.15, -0.1) is 18.3 Å². The van der Waals surface area contributed by atoms with Gasteiger partial charge in [-0.1, -0.05) is 56.7 Å². The Morgan fingerprint density at radius 2 is 1.79 bits per heavy atom. The van der Waals surface area contributed by atoms with Crippen LogP contribution >= 0.6 is 0 Å². The number of rotatable bonds is 10. The molecule has 0 atom stereocenters. The van der Waals surface area contributed by atoms with E-state index in [9.17, 15) is 4.79 Å². The first kappa shape index (κ1) is 28.8. The summed E-state index contributed by atoms with van der Waals surface area (Å²) in [6.07, 6.45) is 10.1. The first-order valence-electron chi connectivity index (χ1n) is 11.7. The number of nitrogen functional groups attached to an aromatic ring is 1. The minimum absolute atomic E-state index is 0.168. The van der Waals surface area contributed by atoms with Crippen molar-refractivity contribution < 1.29 is 4.79 Å². The summed E-state index contributed by atoms with van der Waals surface area (Å²) in [5.74, 6) is 0.498. The average Bonchev–Trinajstić information content (AvgIpc) is 3.47. The van der Waals surface area contributed by atoms with Crippen LogP contribution in [0.4, 0.5) is 5.95 Å². The zero-order valence-corrected chi connectivity index (χ0v) is 21.2. The number of nitrogens with one attached hydrogen (secondary N) is 2. The number of carbonyl (C=O) groups is 1. The summed E-state index contributed by atoms with van der Waals surface area (Å²) in [7, 11) is 1.94. The van der Waals surface area contributed by atoms with E-state index in [1.807, 2.05) is 48.4 Å². The summed E-state index contributed by atoms with van der Waals surface area (Å²) >= 11 is 0. The Bertz CT molecular complexity index is 939. The largest absolute Gasteiger partial charge is 0.369 e. The van der Waals surface area contributed by atoms with Gasteiger partial charge in [0.05, 0.1) is 18.4 Å². The summed E-state index contributed by atoms with van der Waals surface area (Å²) < 4.78 is 1.89. The number of nitrogens with two attached hydrogens (primary N) is 1. The van der Waals surface area contributed by atoms with Crippen molar-refractivity contribution in [2.45, 2.75) is 64.8 Å². The molecule has 0 fully saturated rings. The quantitative estimate of drug-likeness (QED) is 0.232. The van der Waals surface area contributed by atoms with E-state index in [0.717, 1.165) is 62.0 Å². The number of aldehydes is 1. The highest BCUT2D eigenvalue weighted by Gasteiger charge is 2.12. The predicted octanol–water partition coefficient (Wildman–Crippen LogP) is 4.36. The van der Waals surface area contributed by atoms with Crippen LogP contribution in [-0.2, 0) is 24.8 Å². The Morgan fingerprint density at radius 1 is 1.12 bits per heavy atom. The lowest BCUT2D eigenvalue weighted by Crippen LogP contribution is -2.15. The topological polar surface area (TPSA) is 115 Å². The molecule has 0 aliphatic heterocycles. The molecule has 0 saturated carbocycles. The fourth-order valence-corrected chi connectivity index (χ4v) is 3.15. The number of hydrogen-bond donors (Lipinski definition) is 3. The molecule has 2 heterocycles. The van der Waals surface area contributed by atoms with Crippen LogP contribution in [0.3, 0.4) is 0 Å². The van der Waals surface area contributed by atoms with Crippen molar-refractivity contribution in [2.75, 3.05) is 19.3 Å². The van der Waals surface area contributed by atoms with E-state index in [1.54, 1.807) is 0 Å². The third kappa shape index (κ3) is 11.0. The molecule has 34 heavy (non-hydrogen) atoms. The van der Waals surface area contributed by atoms with Crippen molar-refractivity contribution in [3.05, 3.63) is 72.3 Å². The van der Waals surface area contributed by atoms with Crippen LogP contribution in [0.15, 0.2) is 49.8 Å². The van der Waals surface area contributed by atoms with Gasteiger partial charge in [0.25, 0.3) is 0 Å². The zero-order valence-electron chi connectivity index (χ0n) is 21.2. The number of benzene rings is 1. The summed E-state index contributed by atoms with van der Waals surface area (Å²) in [5, 5.41) is 11.4. The number of hydrogen-bond acceptors (Lipinski definition) is 6. The zero-order chi connectivity index (χ0) is 25.4. The lowest BCUT2D eigenvalue weighted by atomic mass is 9.87. The minimum Gasteiger partial charge on any atom is -0.369 e. The standard InChI is InChI=1S/C13H23N7.C11H14O.C2H4/c1-15-7-8-20-10-12(18-19-20)6-4-2-3-5-11-9-16-13(14)17-11;1-11(2,3)10-6-4-9(8-12)5-7-10;1-2/h9-10,15H,2-8H2,1H3,(H3,14,16,17);4-8H,1-3H3;1-2H2. The van der Waals surface area contributed by atoms with Crippen molar-refractivity contribution >= 4 is 12.2 Å². The second kappa shape index (κ2) is 15.6. The Balaban J connectivity index is 0.000000353. The van der Waals surface area contributed by atoms with Gasteiger partial charge in [-0.25, -0.2) is 4.98 Å². The number of nitrogens with zero attached hydrogens (tertiary/aromatic N) is 4. The third-order valence-electron chi connectivity index (χ3n) is 5.12. The van der Waals surface area contributed by atoms with Gasteiger partial charge in [-0.2, -0.15) is 0 Å². The van der Waals surface area contributed by atoms with E-state index in [-0.39, 0.29) is 5.41 Å². The number of H-pyrrole nitrogens is 1. The fourth-order valence-electron chi connectivity index (χ4n) is 3.15. The molecule has 0 aliphatic rings. The van der Waals surface area contributed by atoms with Gasteiger partial charge in [-0.05, 0) is 43.7 Å². The molecule has 0 spiro atoms. The maximum atomic E-state index is 10.4. The van der Waals surface area contributed by atoms with Gasteiger partial charge in [0.1, 0.15) is 6.29 Å². The molecular weight excluding hydrogens is 426 g/mol. The van der Waals surface area contributed by atoms with Crippen molar-refractivity contribution in [2.24, 2.45) is 0 Å². The molecule has 3 aromatic rings. The van der Waals surface area contributed by atoms with E-state index >= 15 is 0 Å². The molecule has 0 saturated heterocycles. The number of unbranched alkanes of at least 4 members (excludes halogenated alkanes) is 2. The van der Waals surface area contributed by atoms with E-state index < -0.39 is 0 Å². The van der Waals surface area contributed by atoms with Crippen molar-refractivity contribution in [1.29, 1.82) is 0 Å². The minimum atomic E-state index is 0.168. The second-order valence-corrected chi connectivity index (χ2v) is 8.92. The van der Waals surface area contributed by atoms with Crippen LogP contribution < -0.4 is 11.1 Å². The molecule has 8 heteroatoms. The number of carbonyl (C=O) groups excluding carboxylic acids is 1. The second-order valence-electron chi connectivity index (χ2n) is 8.92. The summed E-state index contributed by atoms with van der Waals surface area (Å²) in [6, 6.07) is 7.72. The van der Waals surface area contributed by atoms with E-state index in [1.165, 1.54) is 12.0 Å². The van der Waals surface area contributed by atoms with E-state index in [4.69, 9.17) is 5.73 Å². The van der Waals surface area contributed by atoms with Gasteiger partial charge in [0, 0.05) is 24.0 Å². The van der Waals surface area contributed by atoms with Crippen LogP contribution in [0.5, 0.6) is 0 Å².